The van der Waals surface area contributed by atoms with Gasteiger partial charge < -0.3 is 5.32 Å². The van der Waals surface area contributed by atoms with E-state index in [0.29, 0.717) is 22.9 Å². The van der Waals surface area contributed by atoms with Crippen molar-refractivity contribution >= 4 is 419 Å². The number of carbonyl (C=O) groups excluding carboxylic acids is 1. The van der Waals surface area contributed by atoms with Gasteiger partial charge in [0.25, 0.3) is 5.91 Å². The molecule has 1 N–H and O–H groups in total. The lowest BCUT2D eigenvalue weighted by Crippen LogP contribution is -2.26. The Labute approximate surface area is 578 Å². The van der Waals surface area contributed by atoms with Crippen molar-refractivity contribution in [2.24, 2.45) is 0 Å². The first-order valence-corrected chi connectivity index (χ1v) is 78.5. The van der Waals surface area contributed by atoms with Gasteiger partial charge in [-0.05, 0) is 76.5 Å². The number of nitrogens with one attached hydrogen (secondary N) is 1. The van der Waals surface area contributed by atoms with Crippen LogP contribution in [0.3, 0.4) is 0 Å². The van der Waals surface area contributed by atoms with Gasteiger partial charge in [-0.25, -0.2) is 0 Å². The number of rotatable bonds is 5. The van der Waals surface area contributed by atoms with E-state index in [0.717, 1.165) is 17.5 Å². The molecule has 0 radical (unpaired) electrons. The Bertz CT molecular complexity index is 4570. The lowest BCUT2D eigenvalue weighted by atomic mass is 9.77. The number of benzene rings is 3. The number of amides is 1. The fraction of sp³-hybridized carbons (Fsp3) is 0.321. The summed E-state index contributed by atoms with van der Waals surface area (Å²) in [6.45, 7) is 5.51. The van der Waals surface area contributed by atoms with Gasteiger partial charge in [-0.1, -0.05) is 74.5 Å². The van der Waals surface area contributed by atoms with Gasteiger partial charge in [0.2, 0.25) is 0 Å². The van der Waals surface area contributed by atoms with Gasteiger partial charge in [-0.3, -0.25) is 4.79 Å². The molecule has 0 aliphatic heterocycles. The minimum absolute atomic E-state index is 0.00528. The van der Waals surface area contributed by atoms with Crippen LogP contribution in [-0.4, -0.2) is 12.5 Å². The van der Waals surface area contributed by atoms with Crippen LogP contribution in [0.4, 0.5) is 0 Å². The lowest BCUT2D eigenvalue weighted by molar-refractivity contribution is 0.0954. The zero-order valence-corrected chi connectivity index (χ0v) is 74.2. The van der Waals surface area contributed by atoms with Crippen LogP contribution in [0.5, 0.6) is 0 Å². The molecule has 0 saturated heterocycles. The number of hydrogen-bond acceptors (Lipinski definition) is 3. The summed E-state index contributed by atoms with van der Waals surface area (Å²) in [5.74, 6) is -0.00528. The van der Waals surface area contributed by atoms with E-state index in [-0.39, 0.29) is 5.91 Å². The summed E-state index contributed by atoms with van der Waals surface area (Å²) in [6.07, 6.45) is 4.77. The van der Waals surface area contributed by atoms with Gasteiger partial charge in [-0.15, -0.1) is 0 Å². The molecule has 3 aromatic rings. The fourth-order valence-corrected chi connectivity index (χ4v) is 121. The van der Waals surface area contributed by atoms with E-state index >= 15 is 0 Å². The van der Waals surface area contributed by atoms with E-state index in [4.69, 9.17) is 22.4 Å². The molecule has 428 valence electrons. The summed E-state index contributed by atoms with van der Waals surface area (Å²) in [5, 5.41) is 3.09. The zero-order valence-electron chi connectivity index (χ0n) is 36.7. The van der Waals surface area contributed by atoms with E-state index in [9.17, 15) is 4.79 Å². The minimum atomic E-state index is -0.00528. The molecular formula is C28H29NOS46. The van der Waals surface area contributed by atoms with Crippen LogP contribution in [0.2, 0.25) is 0 Å². The first-order chi connectivity index (χ1) is 37.4. The highest BCUT2D eigenvalue weighted by molar-refractivity contribution is 8.81. The van der Waals surface area contributed by atoms with Gasteiger partial charge in [0, 0.05) is 425 Å². The summed E-state index contributed by atoms with van der Waals surface area (Å²) in [6, 6.07) is 25.1. The Morgan fingerprint density at radius 1 is 0.395 bits per heavy atom. The molecule has 0 aromatic heterocycles. The average molecular weight is 1870 g/mol. The molecule has 2 unspecified atom stereocenters. The van der Waals surface area contributed by atoms with Crippen LogP contribution < -0.4 is 5.32 Å². The summed E-state index contributed by atoms with van der Waals surface area (Å²) in [5.41, 5.74) is 8.16. The predicted molar refractivity (Wildman–Crippen MR) is 462 cm³/mol. The van der Waals surface area contributed by atoms with Crippen molar-refractivity contribution in [2.45, 2.75) is 50.4 Å². The maximum Gasteiger partial charge on any atom is 0.251 e. The van der Waals surface area contributed by atoms with Crippen LogP contribution in [-0.2, 0) is 430 Å². The van der Waals surface area contributed by atoms with E-state index in [1.54, 1.807) is 118 Å². The van der Waals surface area contributed by atoms with E-state index in [1.807, 2.05) is 309 Å². The average Bonchev–Trinajstić information content (AvgIpc) is 3.90. The fourth-order valence-electron chi connectivity index (χ4n) is 6.17. The first kappa shape index (κ1) is 75.7. The highest BCUT2D eigenvalue weighted by atomic mass is 33.5. The molecule has 1 fully saturated rings. The molecule has 0 heterocycles. The molecule has 76 heavy (non-hydrogen) atoms. The van der Waals surface area contributed by atoms with Gasteiger partial charge in [0.05, 0.1) is 0 Å². The quantitative estimate of drug-likeness (QED) is 0.344. The highest BCUT2D eigenvalue weighted by Gasteiger charge is 2.52. The Kier molecular flexibility index (Phi) is 51.7. The molecule has 48 heteroatoms. The van der Waals surface area contributed by atoms with Crippen LogP contribution in [0.25, 0.3) is 11.1 Å². The summed E-state index contributed by atoms with van der Waals surface area (Å²) in [7, 11) is 78.4. The van der Waals surface area contributed by atoms with Crippen molar-refractivity contribution in [1.29, 1.82) is 0 Å². The SMILES string of the molecule is CC12CCC(C)(C1)c1cc(CCNC(=O)c3ccc(-c4ccccc4)cc3)ccc12.S=S=S=S=S=S=S=S=S=S=S=S=S=S=S=S=S=S=S=S=S=S=S=S=S=S=S=S=S=S=S=S=S=S=S=S=S=S=S=S=S=S=S=S=S=S. The smallest absolute Gasteiger partial charge is 0.251 e. The largest absolute Gasteiger partial charge is 0.352 e. The third-order valence-corrected chi connectivity index (χ3v) is 104. The molecule has 1 saturated carbocycles. The monoisotopic (exact) mass is 1870 g/mol. The summed E-state index contributed by atoms with van der Waals surface area (Å²) < 4.78 is 0. The highest BCUT2D eigenvalue weighted by Crippen LogP contribution is 2.60. The van der Waals surface area contributed by atoms with E-state index in [2.05, 4.69) is 49.5 Å². The molecule has 2 atom stereocenters. The van der Waals surface area contributed by atoms with Crippen molar-refractivity contribution in [3.63, 3.8) is 0 Å². The topological polar surface area (TPSA) is 29.1 Å². The van der Waals surface area contributed by atoms with Crippen molar-refractivity contribution in [3.05, 3.63) is 95.1 Å². The Hall–Kier alpha value is 7.25. The van der Waals surface area contributed by atoms with Gasteiger partial charge in [0.15, 0.2) is 0 Å². The maximum absolute atomic E-state index is 12.6. The van der Waals surface area contributed by atoms with Gasteiger partial charge >= 0.3 is 0 Å². The van der Waals surface area contributed by atoms with Crippen LogP contribution in [0.1, 0.15) is 60.2 Å². The number of hydrogen-bond donors (Lipinski definition) is 1. The number of carbonyl (C=O) groups is 1. The predicted octanol–water partition coefficient (Wildman–Crippen LogP) is 5.93. The first-order valence-electron chi connectivity index (χ1n) is 18.5. The van der Waals surface area contributed by atoms with E-state index in [1.165, 1.54) is 42.6 Å². The van der Waals surface area contributed by atoms with Crippen LogP contribution in [0.15, 0.2) is 72.8 Å². The minimum Gasteiger partial charge on any atom is -0.352 e. The number of fused-ring (bicyclic) bond motifs is 5. The molecule has 0 spiro atoms. The second-order valence-electron chi connectivity index (χ2n) is 12.6. The van der Waals surface area contributed by atoms with Crippen LogP contribution >= 0.6 is 0 Å². The third-order valence-electron chi connectivity index (χ3n) is 8.54. The molecule has 2 aliphatic carbocycles. The Balaban J connectivity index is 0.000000354. The molecule has 2 nitrogen and oxygen atoms in total. The summed E-state index contributed by atoms with van der Waals surface area (Å²) in [4.78, 5) is 12.6. The second-order valence-corrected chi connectivity index (χ2v) is 90.5. The van der Waals surface area contributed by atoms with Crippen LogP contribution in [0, 0.1) is 0 Å². The molecule has 3 aromatic carbocycles. The van der Waals surface area contributed by atoms with Gasteiger partial charge in [0.1, 0.15) is 0 Å². The zero-order chi connectivity index (χ0) is 53.9. The normalized spacial score (nSPS) is 14.1. The Morgan fingerprint density at radius 2 is 0.697 bits per heavy atom. The second kappa shape index (κ2) is 51.9. The Morgan fingerprint density at radius 3 is 1.03 bits per heavy atom. The van der Waals surface area contributed by atoms with E-state index < -0.39 is 0 Å². The third kappa shape index (κ3) is 36.2. The molecule has 1 amide bonds. The molecule has 2 bridgehead atoms. The molecular weight excluding hydrogens is 1840 g/mol. The van der Waals surface area contributed by atoms with Crippen molar-refractivity contribution in [2.75, 3.05) is 6.54 Å². The summed E-state index contributed by atoms with van der Waals surface area (Å²) >= 11 is 9.62. The van der Waals surface area contributed by atoms with Crippen molar-refractivity contribution in [1.82, 2.24) is 5.32 Å². The molecule has 2 aliphatic rings. The lowest BCUT2D eigenvalue weighted by Gasteiger charge is -2.27. The van der Waals surface area contributed by atoms with Gasteiger partial charge in [-0.2, -0.15) is 0 Å². The van der Waals surface area contributed by atoms with Crippen molar-refractivity contribution in [3.8, 4) is 11.1 Å². The molecule has 5 rings (SSSR count). The maximum atomic E-state index is 12.6. The standard InChI is InChI=1S/C28H29NO.S46/c1-27-15-16-28(2,19-27)25-18-20(8-13-24(25)27)14-17-29-26(30)23-11-9-22(10-12-23)21-6-4-3-5-7-21;1-3-5-7-9-11-13-15-17-19-21-23-25-27-29-31-33-35-37-39-41-43-45-46-44-42-40-38-36-34-32-30-28-26-24-22-20-18-16-14-12-10-8-6-4-2/h3-13,18H,14-17,19H2,1-2H3,(H,29,30);. The van der Waals surface area contributed by atoms with Crippen molar-refractivity contribution < 1.29 is 4.79 Å².